The molecular weight excluding hydrogens is 344 g/mol. The van der Waals surface area contributed by atoms with Gasteiger partial charge < -0.3 is 10.3 Å². The Morgan fingerprint density at radius 2 is 1.75 bits per heavy atom. The van der Waals surface area contributed by atoms with Crippen LogP contribution in [-0.4, -0.2) is 10.9 Å². The van der Waals surface area contributed by atoms with Crippen molar-refractivity contribution in [3.05, 3.63) is 96.2 Å². The topological polar surface area (TPSA) is 44.9 Å². The van der Waals surface area contributed by atoms with Gasteiger partial charge in [-0.1, -0.05) is 66.7 Å². The van der Waals surface area contributed by atoms with E-state index in [-0.39, 0.29) is 11.9 Å². The van der Waals surface area contributed by atoms with E-state index < -0.39 is 0 Å². The molecule has 140 valence electrons. The second-order valence-electron chi connectivity index (χ2n) is 7.10. The zero-order chi connectivity index (χ0) is 19.3. The first-order valence-electron chi connectivity index (χ1n) is 9.72. The molecule has 0 saturated carbocycles. The Hall–Kier alpha value is -3.33. The third kappa shape index (κ3) is 3.84. The quantitative estimate of drug-likeness (QED) is 0.422. The molecule has 0 saturated heterocycles. The maximum atomic E-state index is 12.3. The summed E-state index contributed by atoms with van der Waals surface area (Å²) in [4.78, 5) is 15.6. The predicted octanol–water partition coefficient (Wildman–Crippen LogP) is 5.69. The van der Waals surface area contributed by atoms with E-state index in [2.05, 4.69) is 59.0 Å². The number of nitrogens with one attached hydrogen (secondary N) is 2. The van der Waals surface area contributed by atoms with Gasteiger partial charge in [0, 0.05) is 17.1 Å². The summed E-state index contributed by atoms with van der Waals surface area (Å²) in [6.07, 6.45) is 7.40. The summed E-state index contributed by atoms with van der Waals surface area (Å²) in [6.45, 7) is 2.03. The van der Waals surface area contributed by atoms with Crippen LogP contribution in [0.2, 0.25) is 0 Å². The largest absolute Gasteiger partial charge is 0.361 e. The lowest BCUT2D eigenvalue weighted by atomic mass is 10.00. The summed E-state index contributed by atoms with van der Waals surface area (Å²) in [7, 11) is 0. The minimum Gasteiger partial charge on any atom is -0.361 e. The van der Waals surface area contributed by atoms with Crippen molar-refractivity contribution in [2.24, 2.45) is 0 Å². The van der Waals surface area contributed by atoms with Crippen molar-refractivity contribution in [1.82, 2.24) is 10.3 Å². The molecule has 0 radical (unpaired) electrons. The van der Waals surface area contributed by atoms with E-state index in [0.717, 1.165) is 23.9 Å². The van der Waals surface area contributed by atoms with Gasteiger partial charge in [-0.2, -0.15) is 0 Å². The molecule has 3 aromatic carbocycles. The number of hydrogen-bond donors (Lipinski definition) is 2. The molecule has 1 unspecified atom stereocenters. The second kappa shape index (κ2) is 8.13. The molecule has 28 heavy (non-hydrogen) atoms. The summed E-state index contributed by atoms with van der Waals surface area (Å²) >= 11 is 0. The van der Waals surface area contributed by atoms with Crippen LogP contribution in [0.4, 0.5) is 0 Å². The van der Waals surface area contributed by atoms with Gasteiger partial charge in [0.1, 0.15) is 0 Å². The lowest BCUT2D eigenvalue weighted by Gasteiger charge is -2.15. The van der Waals surface area contributed by atoms with Gasteiger partial charge in [0.2, 0.25) is 5.91 Å². The van der Waals surface area contributed by atoms with Crippen LogP contribution in [0.5, 0.6) is 0 Å². The second-order valence-corrected chi connectivity index (χ2v) is 7.10. The number of H-pyrrole nitrogens is 1. The van der Waals surface area contributed by atoms with Gasteiger partial charge in [0.05, 0.1) is 6.04 Å². The Morgan fingerprint density at radius 1 is 1.00 bits per heavy atom. The lowest BCUT2D eigenvalue weighted by molar-refractivity contribution is -0.117. The fraction of sp³-hybridized carbons (Fsp3) is 0.160. The van der Waals surface area contributed by atoms with Crippen molar-refractivity contribution < 1.29 is 4.79 Å². The third-order valence-electron chi connectivity index (χ3n) is 5.17. The first kappa shape index (κ1) is 18.1. The van der Waals surface area contributed by atoms with Crippen molar-refractivity contribution in [3.8, 4) is 0 Å². The molecule has 4 rings (SSSR count). The number of amides is 1. The first-order valence-corrected chi connectivity index (χ1v) is 9.72. The van der Waals surface area contributed by atoms with E-state index in [0.29, 0.717) is 0 Å². The van der Waals surface area contributed by atoms with Gasteiger partial charge >= 0.3 is 0 Å². The van der Waals surface area contributed by atoms with Crippen LogP contribution in [-0.2, 0) is 11.2 Å². The molecule has 0 aliphatic carbocycles. The van der Waals surface area contributed by atoms with Crippen LogP contribution in [0.3, 0.4) is 0 Å². The molecule has 0 bridgehead atoms. The van der Waals surface area contributed by atoms with E-state index in [9.17, 15) is 4.79 Å². The highest BCUT2D eigenvalue weighted by atomic mass is 16.1. The Kier molecular flexibility index (Phi) is 5.24. The Bertz CT molecular complexity index is 1130. The fourth-order valence-electron chi connectivity index (χ4n) is 3.73. The Labute approximate surface area is 165 Å². The van der Waals surface area contributed by atoms with Crippen molar-refractivity contribution >= 4 is 27.6 Å². The standard InChI is InChI=1S/C25H24N2O/c1-18(21-14-8-11-19-9-2-4-12-22(19)21)27-25(28)16-7-3-10-20-17-26-24-15-6-5-13-23(20)24/h2,4-9,11-18,26H,3,10H2,1H3,(H,27,28). The van der Waals surface area contributed by atoms with Gasteiger partial charge in [-0.3, -0.25) is 4.79 Å². The minimum atomic E-state index is -0.0561. The zero-order valence-corrected chi connectivity index (χ0v) is 16.0. The maximum Gasteiger partial charge on any atom is 0.244 e. The summed E-state index contributed by atoms with van der Waals surface area (Å²) < 4.78 is 0. The molecule has 1 aromatic heterocycles. The van der Waals surface area contributed by atoms with Gasteiger partial charge in [0.25, 0.3) is 0 Å². The number of aromatic amines is 1. The van der Waals surface area contributed by atoms with E-state index in [4.69, 9.17) is 0 Å². The number of carbonyl (C=O) groups is 1. The number of benzene rings is 3. The number of allylic oxidation sites excluding steroid dienone is 1. The van der Waals surface area contributed by atoms with Gasteiger partial charge in [0.15, 0.2) is 0 Å². The van der Waals surface area contributed by atoms with E-state index in [1.54, 1.807) is 6.08 Å². The van der Waals surface area contributed by atoms with E-state index >= 15 is 0 Å². The number of aryl methyl sites for hydroxylation is 1. The highest BCUT2D eigenvalue weighted by Gasteiger charge is 2.10. The molecule has 0 aliphatic rings. The number of carbonyl (C=O) groups excluding carboxylic acids is 1. The molecule has 1 heterocycles. The van der Waals surface area contributed by atoms with Gasteiger partial charge in [-0.05, 0) is 53.8 Å². The highest BCUT2D eigenvalue weighted by Crippen LogP contribution is 2.24. The lowest BCUT2D eigenvalue weighted by Crippen LogP contribution is -2.24. The number of para-hydroxylation sites is 1. The molecule has 0 aliphatic heterocycles. The highest BCUT2D eigenvalue weighted by molar-refractivity contribution is 5.90. The first-order chi connectivity index (χ1) is 13.7. The Morgan fingerprint density at radius 3 is 2.64 bits per heavy atom. The van der Waals surface area contributed by atoms with Crippen molar-refractivity contribution in [3.63, 3.8) is 0 Å². The Balaban J connectivity index is 1.36. The van der Waals surface area contributed by atoms with Crippen molar-refractivity contribution in [2.75, 3.05) is 0 Å². The fourth-order valence-corrected chi connectivity index (χ4v) is 3.73. The summed E-state index contributed by atoms with van der Waals surface area (Å²) in [5, 5.41) is 6.71. The van der Waals surface area contributed by atoms with Crippen LogP contribution in [0.15, 0.2) is 85.1 Å². The molecule has 0 fully saturated rings. The van der Waals surface area contributed by atoms with Crippen LogP contribution in [0.25, 0.3) is 21.7 Å². The summed E-state index contributed by atoms with van der Waals surface area (Å²) in [5.74, 6) is -0.0561. The smallest absolute Gasteiger partial charge is 0.244 e. The van der Waals surface area contributed by atoms with Crippen LogP contribution < -0.4 is 5.32 Å². The average molecular weight is 368 g/mol. The number of aromatic nitrogens is 1. The molecule has 3 nitrogen and oxygen atoms in total. The molecule has 2 N–H and O–H groups in total. The third-order valence-corrected chi connectivity index (χ3v) is 5.17. The van der Waals surface area contributed by atoms with E-state index in [1.807, 2.05) is 37.3 Å². The van der Waals surface area contributed by atoms with Crippen LogP contribution in [0.1, 0.15) is 30.5 Å². The van der Waals surface area contributed by atoms with Crippen LogP contribution >= 0.6 is 0 Å². The summed E-state index contributed by atoms with van der Waals surface area (Å²) in [6, 6.07) is 22.7. The molecule has 1 atom stereocenters. The summed E-state index contributed by atoms with van der Waals surface area (Å²) in [5.41, 5.74) is 3.58. The molecular formula is C25H24N2O. The number of rotatable bonds is 6. The normalized spacial score (nSPS) is 12.6. The maximum absolute atomic E-state index is 12.3. The average Bonchev–Trinajstić information content (AvgIpc) is 3.14. The minimum absolute atomic E-state index is 0.0446. The van der Waals surface area contributed by atoms with Crippen LogP contribution in [0, 0.1) is 0 Å². The van der Waals surface area contributed by atoms with Crippen molar-refractivity contribution in [2.45, 2.75) is 25.8 Å². The zero-order valence-electron chi connectivity index (χ0n) is 16.0. The molecule has 3 heteroatoms. The van der Waals surface area contributed by atoms with Gasteiger partial charge in [-0.15, -0.1) is 0 Å². The molecule has 4 aromatic rings. The van der Waals surface area contributed by atoms with E-state index in [1.165, 1.54) is 21.7 Å². The predicted molar refractivity (Wildman–Crippen MR) is 116 cm³/mol. The SMILES string of the molecule is CC(NC(=O)C=CCCc1c[nH]c2ccccc12)c1cccc2ccccc12. The van der Waals surface area contributed by atoms with Gasteiger partial charge in [-0.25, -0.2) is 0 Å². The number of hydrogen-bond acceptors (Lipinski definition) is 1. The van der Waals surface area contributed by atoms with Crippen molar-refractivity contribution in [1.29, 1.82) is 0 Å². The molecule has 0 spiro atoms. The molecule has 1 amide bonds. The monoisotopic (exact) mass is 368 g/mol. The number of fused-ring (bicyclic) bond motifs is 2.